The first-order valence-corrected chi connectivity index (χ1v) is 8.40. The molecule has 0 aliphatic carbocycles. The molecule has 1 aliphatic heterocycles. The Kier molecular flexibility index (Phi) is 6.85. The number of hydrogen-bond acceptors (Lipinski definition) is 6. The smallest absolute Gasteiger partial charge is 0.255 e. The largest absolute Gasteiger partial charge is 0.488 e. The number of carbonyl (C=O) groups is 4. The SMILES string of the molecule is CNC(=O)C(CCC=O)N(C)C(=O)c1cc(OC2CNC2)ccc1C=O. The van der Waals surface area contributed by atoms with Gasteiger partial charge in [-0.3, -0.25) is 14.4 Å². The Bertz CT molecular complexity index is 687. The summed E-state index contributed by atoms with van der Waals surface area (Å²) in [6, 6.07) is 3.87. The van der Waals surface area contributed by atoms with E-state index in [0.29, 0.717) is 18.3 Å². The number of nitrogens with zero attached hydrogens (tertiary/aromatic N) is 1. The van der Waals surface area contributed by atoms with Gasteiger partial charge in [-0.15, -0.1) is 0 Å². The molecule has 1 aromatic rings. The number of likely N-dealkylation sites (N-methyl/N-ethyl adjacent to an activating group) is 2. The summed E-state index contributed by atoms with van der Waals surface area (Å²) in [5.41, 5.74) is 0.374. The standard InChI is InChI=1S/C18H23N3O5/c1-19-17(24)16(4-3-7-22)21(2)18(25)15-8-13(6-5-12(15)11-23)26-14-9-20-10-14/h5-8,11,14,16,20H,3-4,9-10H2,1-2H3,(H,19,24). The molecule has 1 saturated heterocycles. The average Bonchev–Trinajstić information content (AvgIpc) is 2.63. The molecule has 0 radical (unpaired) electrons. The first kappa shape index (κ1) is 19.6. The quantitative estimate of drug-likeness (QED) is 0.601. The summed E-state index contributed by atoms with van der Waals surface area (Å²) in [5, 5.41) is 5.58. The molecule has 2 amide bonds. The molecule has 2 N–H and O–H groups in total. The van der Waals surface area contributed by atoms with Crippen LogP contribution in [0.15, 0.2) is 18.2 Å². The maximum absolute atomic E-state index is 12.9. The van der Waals surface area contributed by atoms with Gasteiger partial charge in [0.2, 0.25) is 5.91 Å². The van der Waals surface area contributed by atoms with Crippen molar-refractivity contribution in [3.05, 3.63) is 29.3 Å². The van der Waals surface area contributed by atoms with Gasteiger partial charge < -0.3 is 25.1 Å². The van der Waals surface area contributed by atoms with E-state index >= 15 is 0 Å². The maximum atomic E-state index is 12.9. The van der Waals surface area contributed by atoms with Crippen molar-refractivity contribution in [2.24, 2.45) is 0 Å². The first-order valence-electron chi connectivity index (χ1n) is 8.40. The molecule has 26 heavy (non-hydrogen) atoms. The van der Waals surface area contributed by atoms with E-state index in [9.17, 15) is 19.2 Å². The fourth-order valence-corrected chi connectivity index (χ4v) is 2.66. The highest BCUT2D eigenvalue weighted by molar-refractivity contribution is 6.03. The van der Waals surface area contributed by atoms with Crippen molar-refractivity contribution < 1.29 is 23.9 Å². The van der Waals surface area contributed by atoms with Gasteiger partial charge in [-0.1, -0.05) is 0 Å². The summed E-state index contributed by atoms with van der Waals surface area (Å²) in [4.78, 5) is 48.2. The number of amides is 2. The van der Waals surface area contributed by atoms with Crippen LogP contribution in [0.3, 0.4) is 0 Å². The number of aldehydes is 2. The molecule has 1 aliphatic rings. The van der Waals surface area contributed by atoms with Crippen LogP contribution in [0.4, 0.5) is 0 Å². The van der Waals surface area contributed by atoms with E-state index in [2.05, 4.69) is 10.6 Å². The van der Waals surface area contributed by atoms with E-state index in [1.807, 2.05) is 0 Å². The van der Waals surface area contributed by atoms with E-state index in [4.69, 9.17) is 4.74 Å². The second-order valence-electron chi connectivity index (χ2n) is 6.06. The molecule has 1 atom stereocenters. The van der Waals surface area contributed by atoms with E-state index in [1.54, 1.807) is 6.07 Å². The first-order chi connectivity index (χ1) is 12.5. The third kappa shape index (κ3) is 4.45. The van der Waals surface area contributed by atoms with Crippen molar-refractivity contribution in [2.75, 3.05) is 27.2 Å². The number of nitrogens with one attached hydrogen (secondary N) is 2. The summed E-state index contributed by atoms with van der Waals surface area (Å²) in [6.07, 6.45) is 1.67. The Morgan fingerprint density at radius 2 is 2.12 bits per heavy atom. The van der Waals surface area contributed by atoms with Crippen LogP contribution in [0.5, 0.6) is 5.75 Å². The lowest BCUT2D eigenvalue weighted by atomic mass is 10.0. The van der Waals surface area contributed by atoms with Crippen molar-refractivity contribution in [3.63, 3.8) is 0 Å². The fourth-order valence-electron chi connectivity index (χ4n) is 2.66. The Hall–Kier alpha value is -2.74. The van der Waals surface area contributed by atoms with Crippen LogP contribution in [-0.2, 0) is 9.59 Å². The highest BCUT2D eigenvalue weighted by atomic mass is 16.5. The van der Waals surface area contributed by atoms with Crippen molar-refractivity contribution in [2.45, 2.75) is 25.0 Å². The summed E-state index contributed by atoms with van der Waals surface area (Å²) in [5.74, 6) is -0.365. The fraction of sp³-hybridized carbons (Fsp3) is 0.444. The van der Waals surface area contributed by atoms with E-state index in [0.717, 1.165) is 13.1 Å². The molecule has 1 unspecified atom stereocenters. The minimum absolute atomic E-state index is 0.0315. The third-order valence-electron chi connectivity index (χ3n) is 4.32. The predicted octanol–water partition coefficient (Wildman–Crippen LogP) is 0.0154. The van der Waals surface area contributed by atoms with Crippen LogP contribution in [0.2, 0.25) is 0 Å². The van der Waals surface area contributed by atoms with Crippen LogP contribution < -0.4 is 15.4 Å². The van der Waals surface area contributed by atoms with Gasteiger partial charge in [0.1, 0.15) is 24.2 Å². The zero-order valence-electron chi connectivity index (χ0n) is 14.9. The molecule has 0 aromatic heterocycles. The summed E-state index contributed by atoms with van der Waals surface area (Å²) < 4.78 is 5.74. The minimum Gasteiger partial charge on any atom is -0.488 e. The zero-order chi connectivity index (χ0) is 19.1. The number of ether oxygens (including phenoxy) is 1. The molecule has 1 heterocycles. The Labute approximate surface area is 151 Å². The van der Waals surface area contributed by atoms with Crippen LogP contribution >= 0.6 is 0 Å². The molecule has 0 spiro atoms. The van der Waals surface area contributed by atoms with Crippen molar-refractivity contribution in [3.8, 4) is 5.75 Å². The van der Waals surface area contributed by atoms with Crippen molar-refractivity contribution in [1.29, 1.82) is 0 Å². The molecule has 1 fully saturated rings. The molecule has 140 valence electrons. The third-order valence-corrected chi connectivity index (χ3v) is 4.32. The maximum Gasteiger partial charge on any atom is 0.255 e. The van der Waals surface area contributed by atoms with Gasteiger partial charge in [-0.25, -0.2) is 0 Å². The molecule has 1 aromatic carbocycles. The lowest BCUT2D eigenvalue weighted by molar-refractivity contribution is -0.125. The topological polar surface area (TPSA) is 105 Å². The van der Waals surface area contributed by atoms with Gasteiger partial charge in [0.25, 0.3) is 5.91 Å². The van der Waals surface area contributed by atoms with Crippen LogP contribution in [0, 0.1) is 0 Å². The highest BCUT2D eigenvalue weighted by Gasteiger charge is 2.28. The van der Waals surface area contributed by atoms with Gasteiger partial charge in [0.05, 0.1) is 5.56 Å². The molecule has 8 nitrogen and oxygen atoms in total. The number of carbonyl (C=O) groups excluding carboxylic acids is 4. The Morgan fingerprint density at radius 1 is 1.38 bits per heavy atom. The van der Waals surface area contributed by atoms with E-state index in [-0.39, 0.29) is 36.0 Å². The molecule has 0 saturated carbocycles. The second-order valence-corrected chi connectivity index (χ2v) is 6.06. The van der Waals surface area contributed by atoms with Crippen LogP contribution in [0.25, 0.3) is 0 Å². The normalized spacial score (nSPS) is 14.7. The highest BCUT2D eigenvalue weighted by Crippen LogP contribution is 2.21. The Balaban J connectivity index is 2.26. The van der Waals surface area contributed by atoms with Gasteiger partial charge in [-0.2, -0.15) is 0 Å². The van der Waals surface area contributed by atoms with Crippen molar-refractivity contribution >= 4 is 24.4 Å². The minimum atomic E-state index is -0.808. The number of benzene rings is 1. The zero-order valence-corrected chi connectivity index (χ0v) is 14.9. The Morgan fingerprint density at radius 3 is 2.65 bits per heavy atom. The van der Waals surface area contributed by atoms with E-state index in [1.165, 1.54) is 31.1 Å². The number of rotatable bonds is 9. The summed E-state index contributed by atoms with van der Waals surface area (Å²) >= 11 is 0. The molecule has 8 heteroatoms. The summed E-state index contributed by atoms with van der Waals surface area (Å²) in [6.45, 7) is 1.45. The average molecular weight is 361 g/mol. The van der Waals surface area contributed by atoms with E-state index < -0.39 is 11.9 Å². The van der Waals surface area contributed by atoms with Crippen molar-refractivity contribution in [1.82, 2.24) is 15.5 Å². The van der Waals surface area contributed by atoms with Crippen LogP contribution in [-0.4, -0.2) is 68.6 Å². The second kappa shape index (κ2) is 9.10. The monoisotopic (exact) mass is 361 g/mol. The predicted molar refractivity (Wildman–Crippen MR) is 94.4 cm³/mol. The van der Waals surface area contributed by atoms with Gasteiger partial charge >= 0.3 is 0 Å². The van der Waals surface area contributed by atoms with Gasteiger partial charge in [0.15, 0.2) is 6.29 Å². The van der Waals surface area contributed by atoms with Gasteiger partial charge in [-0.05, 0) is 24.6 Å². The lowest BCUT2D eigenvalue weighted by Crippen LogP contribution is -2.50. The molecular formula is C18H23N3O5. The number of hydrogen-bond donors (Lipinski definition) is 2. The molecule has 0 bridgehead atoms. The van der Waals surface area contributed by atoms with Crippen LogP contribution in [0.1, 0.15) is 33.6 Å². The summed E-state index contributed by atoms with van der Waals surface area (Å²) in [7, 11) is 2.94. The molecule has 2 rings (SSSR count). The molecular weight excluding hydrogens is 338 g/mol. The lowest BCUT2D eigenvalue weighted by Gasteiger charge is -2.29. The van der Waals surface area contributed by atoms with Gasteiger partial charge in [0, 0.05) is 39.2 Å².